The summed E-state index contributed by atoms with van der Waals surface area (Å²) in [7, 11) is 0. The summed E-state index contributed by atoms with van der Waals surface area (Å²) in [5, 5.41) is 43.6. The molecule has 0 spiro atoms. The lowest BCUT2D eigenvalue weighted by atomic mass is 9.86. The number of ether oxygens (including phenoxy) is 2. The molecule has 3 heterocycles. The van der Waals surface area contributed by atoms with E-state index < -0.39 is 47.2 Å². The van der Waals surface area contributed by atoms with Crippen LogP contribution in [0, 0.1) is 6.92 Å². The van der Waals surface area contributed by atoms with Gasteiger partial charge in [0.15, 0.2) is 5.58 Å². The Morgan fingerprint density at radius 2 is 1.64 bits per heavy atom. The monoisotopic (exact) mass is 494 g/mol. The predicted molar refractivity (Wildman–Crippen MR) is 129 cm³/mol. The van der Waals surface area contributed by atoms with Gasteiger partial charge in [-0.2, -0.15) is 0 Å². The van der Waals surface area contributed by atoms with E-state index in [0.717, 1.165) is 0 Å². The molecule has 6 rings (SSSR count). The van der Waals surface area contributed by atoms with Crippen molar-refractivity contribution in [3.05, 3.63) is 56.7 Å². The lowest BCUT2D eigenvalue weighted by molar-refractivity contribution is -0.300. The predicted octanol–water partition coefficient (Wildman–Crippen LogP) is 2.25. The number of hydrogen-bond donors (Lipinski definition) is 4. The van der Waals surface area contributed by atoms with Crippen LogP contribution < -0.4 is 16.0 Å². The van der Waals surface area contributed by atoms with Crippen molar-refractivity contribution in [2.75, 3.05) is 0 Å². The van der Waals surface area contributed by atoms with E-state index in [4.69, 9.17) is 18.3 Å². The quantitative estimate of drug-likeness (QED) is 0.163. The highest BCUT2D eigenvalue weighted by molar-refractivity contribution is 6.28. The van der Waals surface area contributed by atoms with Crippen molar-refractivity contribution in [1.82, 2.24) is 0 Å². The maximum atomic E-state index is 13.1. The molecular weight excluding hydrogens is 472 g/mol. The van der Waals surface area contributed by atoms with Gasteiger partial charge in [0.2, 0.25) is 6.29 Å². The first-order valence-electron chi connectivity index (χ1n) is 11.3. The number of phenolic OH excluding ortho intramolecular Hbond substituents is 1. The van der Waals surface area contributed by atoms with Crippen LogP contribution in [0.3, 0.4) is 0 Å². The average molecular weight is 494 g/mol. The van der Waals surface area contributed by atoms with Gasteiger partial charge < -0.3 is 38.7 Å². The Hall–Kier alpha value is -3.70. The summed E-state index contributed by atoms with van der Waals surface area (Å²) in [4.78, 5) is 26.0. The van der Waals surface area contributed by atoms with Gasteiger partial charge in [0.25, 0.3) is 0 Å². The van der Waals surface area contributed by atoms with Crippen molar-refractivity contribution >= 4 is 43.5 Å². The van der Waals surface area contributed by atoms with Crippen LogP contribution in [-0.4, -0.2) is 50.6 Å². The summed E-state index contributed by atoms with van der Waals surface area (Å²) in [6.07, 6.45) is -5.31. The lowest BCUT2D eigenvalue weighted by Gasteiger charge is -2.45. The van der Waals surface area contributed by atoms with E-state index >= 15 is 0 Å². The van der Waals surface area contributed by atoms with Crippen LogP contribution in [-0.2, 0) is 4.74 Å². The zero-order valence-electron chi connectivity index (χ0n) is 19.4. The van der Waals surface area contributed by atoms with Crippen LogP contribution in [0.5, 0.6) is 11.5 Å². The van der Waals surface area contributed by atoms with E-state index in [1.165, 1.54) is 32.0 Å². The second-order valence-electron chi connectivity index (χ2n) is 9.46. The highest BCUT2D eigenvalue weighted by Gasteiger charge is 2.52. The second kappa shape index (κ2) is 7.40. The Kier molecular flexibility index (Phi) is 4.68. The first kappa shape index (κ1) is 22.7. The highest BCUT2D eigenvalue weighted by Crippen LogP contribution is 2.45. The van der Waals surface area contributed by atoms with Crippen LogP contribution in [0.4, 0.5) is 0 Å². The zero-order chi connectivity index (χ0) is 25.7. The van der Waals surface area contributed by atoms with Crippen molar-refractivity contribution in [2.45, 2.75) is 51.0 Å². The number of fused-ring (bicyclic) bond motifs is 2. The number of rotatable bonds is 2. The first-order chi connectivity index (χ1) is 17.0. The zero-order valence-corrected chi connectivity index (χ0v) is 19.4. The smallest absolute Gasteiger partial charge is 0.348 e. The van der Waals surface area contributed by atoms with E-state index in [1.54, 1.807) is 19.1 Å². The van der Waals surface area contributed by atoms with Gasteiger partial charge >= 0.3 is 11.3 Å². The van der Waals surface area contributed by atoms with Crippen molar-refractivity contribution in [3.63, 3.8) is 0 Å². The first-order valence-corrected chi connectivity index (χ1v) is 11.3. The lowest BCUT2D eigenvalue weighted by Crippen LogP contribution is -2.65. The minimum Gasteiger partial charge on any atom is -0.506 e. The normalized spacial score (nSPS) is 26.9. The van der Waals surface area contributed by atoms with Gasteiger partial charge in [-0.25, -0.2) is 9.59 Å². The Balaban J connectivity index is 1.70. The summed E-state index contributed by atoms with van der Waals surface area (Å²) in [6.45, 7) is 4.50. The van der Waals surface area contributed by atoms with Crippen LogP contribution in [0.1, 0.15) is 19.4 Å². The summed E-state index contributed by atoms with van der Waals surface area (Å²) >= 11 is 0. The average Bonchev–Trinajstić information content (AvgIpc) is 2.83. The molecule has 4 N–H and O–H groups in total. The van der Waals surface area contributed by atoms with Crippen LogP contribution in [0.2, 0.25) is 0 Å². The standard InChI is InChI=1S/C26H22O10/c1-9-7-8-13-16-14(9)23(30)36-20-15-11(19(27)18(17(16)20)24(31)34-13)5-4-6-12(15)35-25-22(29)26(3,32)21(28)10(2)33-25/h4-8,10,21-22,25,27-29,32H,1-3H3. The summed E-state index contributed by atoms with van der Waals surface area (Å²) in [5.74, 6) is -0.343. The van der Waals surface area contributed by atoms with Crippen molar-refractivity contribution < 1.29 is 38.7 Å². The van der Waals surface area contributed by atoms with Gasteiger partial charge in [0.1, 0.15) is 40.3 Å². The molecule has 3 aromatic carbocycles. The molecule has 0 bridgehead atoms. The molecular formula is C26H22O10. The molecule has 1 fully saturated rings. The minimum atomic E-state index is -1.94. The Morgan fingerprint density at radius 3 is 2.39 bits per heavy atom. The molecule has 0 saturated carbocycles. The molecule has 5 atom stereocenters. The topological polar surface area (TPSA) is 160 Å². The third-order valence-corrected chi connectivity index (χ3v) is 7.15. The number of aliphatic hydroxyl groups excluding tert-OH is 2. The molecule has 1 aliphatic heterocycles. The number of phenols is 1. The van der Waals surface area contributed by atoms with E-state index in [9.17, 15) is 30.0 Å². The second-order valence-corrected chi connectivity index (χ2v) is 9.46. The number of aliphatic hydroxyl groups is 3. The number of benzene rings is 3. The van der Waals surface area contributed by atoms with E-state index in [1.807, 2.05) is 0 Å². The van der Waals surface area contributed by atoms with Crippen molar-refractivity contribution in [2.24, 2.45) is 0 Å². The summed E-state index contributed by atoms with van der Waals surface area (Å²) < 4.78 is 22.7. The molecule has 5 unspecified atom stereocenters. The SMILES string of the molecule is Cc1ccc2oc(=O)c3c(O)c4cccc(OC5OC(C)C(O)C(C)(O)C5O)c4c4oc(=O)c1c2c34. The molecule has 0 aliphatic carbocycles. The highest BCUT2D eigenvalue weighted by atomic mass is 16.7. The Morgan fingerprint density at radius 1 is 0.917 bits per heavy atom. The van der Waals surface area contributed by atoms with Gasteiger partial charge in [-0.05, 0) is 38.5 Å². The molecule has 1 saturated heterocycles. The molecule has 5 aromatic rings. The number of aryl methyl sites for hydroxylation is 1. The Labute approximate surface area is 201 Å². The van der Waals surface area contributed by atoms with Crippen LogP contribution >= 0.6 is 0 Å². The van der Waals surface area contributed by atoms with E-state index in [-0.39, 0.29) is 43.8 Å². The summed E-state index contributed by atoms with van der Waals surface area (Å²) in [5.41, 5.74) is -2.67. The van der Waals surface area contributed by atoms with Gasteiger partial charge in [-0.15, -0.1) is 0 Å². The largest absolute Gasteiger partial charge is 0.506 e. The van der Waals surface area contributed by atoms with Gasteiger partial charge in [0, 0.05) is 16.2 Å². The number of hydrogen-bond acceptors (Lipinski definition) is 10. The van der Waals surface area contributed by atoms with Gasteiger partial charge in [-0.3, -0.25) is 0 Å². The van der Waals surface area contributed by atoms with E-state index in [2.05, 4.69) is 0 Å². The van der Waals surface area contributed by atoms with Crippen LogP contribution in [0.15, 0.2) is 48.8 Å². The van der Waals surface area contributed by atoms with Crippen molar-refractivity contribution in [3.8, 4) is 11.5 Å². The van der Waals surface area contributed by atoms with Crippen LogP contribution in [0.25, 0.3) is 43.5 Å². The fourth-order valence-electron chi connectivity index (χ4n) is 5.17. The van der Waals surface area contributed by atoms with Gasteiger partial charge in [-0.1, -0.05) is 18.2 Å². The third-order valence-electron chi connectivity index (χ3n) is 7.15. The molecule has 1 aliphatic rings. The number of aromatic hydroxyl groups is 1. The fourth-order valence-corrected chi connectivity index (χ4v) is 5.17. The third kappa shape index (κ3) is 2.86. The molecule has 0 amide bonds. The Bertz CT molecular complexity index is 1800. The van der Waals surface area contributed by atoms with Gasteiger partial charge in [0.05, 0.1) is 16.9 Å². The van der Waals surface area contributed by atoms with Crippen molar-refractivity contribution in [1.29, 1.82) is 0 Å². The summed E-state index contributed by atoms with van der Waals surface area (Å²) in [6, 6.07) is 7.76. The molecule has 2 aromatic heterocycles. The van der Waals surface area contributed by atoms with E-state index in [0.29, 0.717) is 10.9 Å². The molecule has 0 radical (unpaired) electrons. The molecule has 10 nitrogen and oxygen atoms in total. The molecule has 10 heteroatoms. The molecule has 36 heavy (non-hydrogen) atoms. The molecule has 186 valence electrons. The maximum absolute atomic E-state index is 13.1. The fraction of sp³-hybridized carbons (Fsp3) is 0.308. The maximum Gasteiger partial charge on any atom is 0.348 e. The minimum absolute atomic E-state index is 0.0143.